The summed E-state index contributed by atoms with van der Waals surface area (Å²) in [5.41, 5.74) is 1.17. The van der Waals surface area contributed by atoms with Gasteiger partial charge < -0.3 is 9.47 Å². The Bertz CT molecular complexity index is 475. The van der Waals surface area contributed by atoms with Crippen LogP contribution in [0.5, 0.6) is 0 Å². The highest BCUT2D eigenvalue weighted by Crippen LogP contribution is 2.28. The Morgan fingerprint density at radius 2 is 2.30 bits per heavy atom. The third kappa shape index (κ3) is 3.75. The molecule has 3 nitrogen and oxygen atoms in total. The van der Waals surface area contributed by atoms with E-state index in [1.165, 1.54) is 18.5 Å². The van der Waals surface area contributed by atoms with Crippen molar-refractivity contribution in [1.82, 2.24) is 9.47 Å². The Kier molecular flexibility index (Phi) is 5.05. The number of rotatable bonds is 5. The van der Waals surface area contributed by atoms with E-state index < -0.39 is 0 Å². The van der Waals surface area contributed by atoms with Crippen LogP contribution in [0.2, 0.25) is 0 Å². The van der Waals surface area contributed by atoms with E-state index in [0.29, 0.717) is 18.9 Å². The third-order valence-corrected chi connectivity index (χ3v) is 4.40. The normalized spacial score (nSPS) is 21.9. The first-order chi connectivity index (χ1) is 9.60. The fraction of sp³-hybridized carbons (Fsp3) is 0.588. The molecule has 0 saturated heterocycles. The van der Waals surface area contributed by atoms with Gasteiger partial charge in [0.2, 0.25) is 5.91 Å². The van der Waals surface area contributed by atoms with Crippen LogP contribution in [0.3, 0.4) is 0 Å². The van der Waals surface area contributed by atoms with Crippen LogP contribution in [0.15, 0.2) is 30.5 Å². The highest BCUT2D eigenvalue weighted by atomic mass is 16.2. The lowest BCUT2D eigenvalue weighted by Gasteiger charge is -2.25. The maximum Gasteiger partial charge on any atom is 0.223 e. The molecule has 1 aliphatic carbocycles. The summed E-state index contributed by atoms with van der Waals surface area (Å²) < 4.78 is 2.07. The Hall–Kier alpha value is -1.51. The van der Waals surface area contributed by atoms with Crippen LogP contribution in [0.1, 0.15) is 38.3 Å². The van der Waals surface area contributed by atoms with Crippen molar-refractivity contribution in [1.29, 1.82) is 0 Å². The zero-order valence-electron chi connectivity index (χ0n) is 12.9. The minimum absolute atomic E-state index is 0.248. The molecule has 1 aromatic rings. The summed E-state index contributed by atoms with van der Waals surface area (Å²) in [5.74, 6) is 1.44. The van der Waals surface area contributed by atoms with E-state index in [1.54, 1.807) is 0 Å². The van der Waals surface area contributed by atoms with Gasteiger partial charge in [-0.15, -0.1) is 0 Å². The molecule has 110 valence electrons. The van der Waals surface area contributed by atoms with Crippen molar-refractivity contribution in [3.8, 4) is 0 Å². The number of amides is 1. The van der Waals surface area contributed by atoms with Gasteiger partial charge in [-0.2, -0.15) is 0 Å². The summed E-state index contributed by atoms with van der Waals surface area (Å²) in [5, 5.41) is 0. The third-order valence-electron chi connectivity index (χ3n) is 4.40. The van der Waals surface area contributed by atoms with Gasteiger partial charge in [0.05, 0.1) is 6.54 Å². The van der Waals surface area contributed by atoms with Gasteiger partial charge in [0.1, 0.15) is 0 Å². The standard InChI is InChI=1S/C17H26N2O/c1-4-14-7-5-8-15(11-14)12-17(20)19(3)13-16-9-6-10-18(16)2/h5-6,8-10,14-15H,4,7,11-13H2,1-3H3. The van der Waals surface area contributed by atoms with Crippen LogP contribution in [-0.2, 0) is 18.4 Å². The monoisotopic (exact) mass is 274 g/mol. The maximum atomic E-state index is 12.3. The summed E-state index contributed by atoms with van der Waals surface area (Å²) in [6.45, 7) is 2.93. The van der Waals surface area contributed by atoms with E-state index in [4.69, 9.17) is 0 Å². The Labute approximate surface area is 122 Å². The van der Waals surface area contributed by atoms with Gasteiger partial charge in [-0.05, 0) is 36.8 Å². The van der Waals surface area contributed by atoms with Crippen molar-refractivity contribution in [3.05, 3.63) is 36.2 Å². The molecule has 0 aliphatic heterocycles. The lowest BCUT2D eigenvalue weighted by atomic mass is 9.83. The average Bonchev–Trinajstić information content (AvgIpc) is 2.84. The van der Waals surface area contributed by atoms with Crippen LogP contribution in [-0.4, -0.2) is 22.4 Å². The van der Waals surface area contributed by atoms with Crippen molar-refractivity contribution in [2.24, 2.45) is 18.9 Å². The van der Waals surface area contributed by atoms with Crippen LogP contribution in [0, 0.1) is 11.8 Å². The van der Waals surface area contributed by atoms with E-state index in [2.05, 4.69) is 29.7 Å². The first kappa shape index (κ1) is 14.9. The van der Waals surface area contributed by atoms with Crippen molar-refractivity contribution in [2.45, 2.75) is 39.2 Å². The number of carbonyl (C=O) groups is 1. The van der Waals surface area contributed by atoms with E-state index in [-0.39, 0.29) is 5.91 Å². The number of nitrogens with zero attached hydrogens (tertiary/aromatic N) is 2. The highest BCUT2D eigenvalue weighted by molar-refractivity contribution is 5.76. The number of hydrogen-bond acceptors (Lipinski definition) is 1. The van der Waals surface area contributed by atoms with E-state index in [1.807, 2.05) is 31.3 Å². The molecule has 2 unspecified atom stereocenters. The number of carbonyl (C=O) groups excluding carboxylic acids is 1. The first-order valence-corrected chi connectivity index (χ1v) is 7.61. The van der Waals surface area contributed by atoms with Gasteiger partial charge in [-0.3, -0.25) is 4.79 Å². The first-order valence-electron chi connectivity index (χ1n) is 7.61. The van der Waals surface area contributed by atoms with Crippen molar-refractivity contribution >= 4 is 5.91 Å². The molecule has 0 spiro atoms. The number of hydrogen-bond donors (Lipinski definition) is 0. The second kappa shape index (κ2) is 6.78. The molecule has 0 radical (unpaired) electrons. The predicted molar refractivity (Wildman–Crippen MR) is 82.1 cm³/mol. The quantitative estimate of drug-likeness (QED) is 0.756. The molecular weight excluding hydrogens is 248 g/mol. The van der Waals surface area contributed by atoms with E-state index in [0.717, 1.165) is 12.3 Å². The van der Waals surface area contributed by atoms with E-state index >= 15 is 0 Å². The molecular formula is C17H26N2O. The van der Waals surface area contributed by atoms with Gasteiger partial charge in [0.15, 0.2) is 0 Å². The van der Waals surface area contributed by atoms with Crippen LogP contribution < -0.4 is 0 Å². The molecule has 0 saturated carbocycles. The number of allylic oxidation sites excluding steroid dienone is 2. The van der Waals surface area contributed by atoms with Crippen LogP contribution >= 0.6 is 0 Å². The Morgan fingerprint density at radius 1 is 1.50 bits per heavy atom. The lowest BCUT2D eigenvalue weighted by molar-refractivity contribution is -0.131. The molecule has 0 N–H and O–H groups in total. The topological polar surface area (TPSA) is 25.2 Å². The smallest absolute Gasteiger partial charge is 0.223 e. The minimum Gasteiger partial charge on any atom is -0.353 e. The molecule has 1 aromatic heterocycles. The molecule has 1 amide bonds. The molecule has 0 bridgehead atoms. The molecule has 20 heavy (non-hydrogen) atoms. The van der Waals surface area contributed by atoms with Gasteiger partial charge in [-0.1, -0.05) is 25.5 Å². The molecule has 1 heterocycles. The highest BCUT2D eigenvalue weighted by Gasteiger charge is 2.21. The second-order valence-electron chi connectivity index (χ2n) is 6.00. The van der Waals surface area contributed by atoms with E-state index in [9.17, 15) is 4.79 Å². The summed E-state index contributed by atoms with van der Waals surface area (Å²) >= 11 is 0. The summed E-state index contributed by atoms with van der Waals surface area (Å²) in [6.07, 6.45) is 10.7. The van der Waals surface area contributed by atoms with Gasteiger partial charge in [-0.25, -0.2) is 0 Å². The summed E-state index contributed by atoms with van der Waals surface area (Å²) in [7, 11) is 3.92. The van der Waals surface area contributed by atoms with Crippen LogP contribution in [0.4, 0.5) is 0 Å². The number of aryl methyl sites for hydroxylation is 1. The maximum absolute atomic E-state index is 12.3. The summed E-state index contributed by atoms with van der Waals surface area (Å²) in [4.78, 5) is 14.2. The molecule has 3 heteroatoms. The zero-order valence-corrected chi connectivity index (χ0v) is 12.9. The van der Waals surface area contributed by atoms with Gasteiger partial charge in [0.25, 0.3) is 0 Å². The van der Waals surface area contributed by atoms with Crippen molar-refractivity contribution < 1.29 is 4.79 Å². The molecule has 0 fully saturated rings. The Balaban J connectivity index is 1.86. The molecule has 1 aliphatic rings. The Morgan fingerprint density at radius 3 is 2.95 bits per heavy atom. The lowest BCUT2D eigenvalue weighted by Crippen LogP contribution is -2.29. The SMILES string of the molecule is CCC1CC=CC(CC(=O)N(C)Cc2cccn2C)C1. The average molecular weight is 274 g/mol. The minimum atomic E-state index is 0.248. The van der Waals surface area contributed by atoms with Crippen molar-refractivity contribution in [3.63, 3.8) is 0 Å². The predicted octanol–water partition coefficient (Wildman–Crippen LogP) is 3.37. The summed E-state index contributed by atoms with van der Waals surface area (Å²) in [6, 6.07) is 4.08. The molecule has 2 atom stereocenters. The second-order valence-corrected chi connectivity index (χ2v) is 6.00. The zero-order chi connectivity index (χ0) is 14.5. The largest absolute Gasteiger partial charge is 0.353 e. The van der Waals surface area contributed by atoms with Gasteiger partial charge >= 0.3 is 0 Å². The van der Waals surface area contributed by atoms with Gasteiger partial charge in [0, 0.05) is 32.4 Å². The fourth-order valence-corrected chi connectivity index (χ4v) is 2.92. The molecule has 0 aromatic carbocycles. The fourth-order valence-electron chi connectivity index (χ4n) is 2.92. The molecule has 2 rings (SSSR count). The van der Waals surface area contributed by atoms with Crippen LogP contribution in [0.25, 0.3) is 0 Å². The number of aromatic nitrogens is 1. The van der Waals surface area contributed by atoms with Crippen molar-refractivity contribution in [2.75, 3.05) is 7.05 Å².